The molecule has 132 valence electrons. The van der Waals surface area contributed by atoms with Gasteiger partial charge in [0.2, 0.25) is 0 Å². The summed E-state index contributed by atoms with van der Waals surface area (Å²) in [6.45, 7) is 4.07. The maximum absolute atomic E-state index is 12.7. The second-order valence-corrected chi connectivity index (χ2v) is 6.65. The van der Waals surface area contributed by atoms with E-state index < -0.39 is 6.10 Å². The second kappa shape index (κ2) is 8.19. The Bertz CT molecular complexity index is 739. The first-order valence-corrected chi connectivity index (χ1v) is 9.38. The molecule has 3 rings (SSSR count). The zero-order valence-corrected chi connectivity index (χ0v) is 15.2. The van der Waals surface area contributed by atoms with Crippen molar-refractivity contribution in [3.8, 4) is 5.75 Å². The first-order chi connectivity index (χ1) is 12.2. The van der Waals surface area contributed by atoms with Crippen molar-refractivity contribution in [2.24, 2.45) is 0 Å². The molecule has 1 aliphatic rings. The lowest BCUT2D eigenvalue weighted by molar-refractivity contribution is -0.122. The number of carbonyl (C=O) groups excluding carboxylic acids is 1. The third kappa shape index (κ3) is 4.22. The Labute approximate surface area is 150 Å². The van der Waals surface area contributed by atoms with Crippen molar-refractivity contribution in [2.45, 2.75) is 58.5 Å². The molecule has 1 amide bonds. The van der Waals surface area contributed by atoms with E-state index in [2.05, 4.69) is 24.4 Å². The van der Waals surface area contributed by atoms with E-state index in [0.29, 0.717) is 6.42 Å². The summed E-state index contributed by atoms with van der Waals surface area (Å²) in [5, 5.41) is 3.03. The average Bonchev–Trinajstić information content (AvgIpc) is 2.66. The lowest BCUT2D eigenvalue weighted by Gasteiger charge is -2.21. The van der Waals surface area contributed by atoms with Crippen molar-refractivity contribution in [3.05, 3.63) is 59.2 Å². The average molecular weight is 337 g/mol. The molecule has 1 N–H and O–H groups in total. The summed E-state index contributed by atoms with van der Waals surface area (Å²) < 4.78 is 6.03. The molecule has 0 fully saturated rings. The van der Waals surface area contributed by atoms with Crippen molar-refractivity contribution in [3.63, 3.8) is 0 Å². The topological polar surface area (TPSA) is 38.3 Å². The van der Waals surface area contributed by atoms with Gasteiger partial charge in [-0.15, -0.1) is 0 Å². The van der Waals surface area contributed by atoms with E-state index in [9.17, 15) is 4.79 Å². The van der Waals surface area contributed by atoms with Crippen LogP contribution in [0.4, 0.5) is 5.69 Å². The third-order valence-corrected chi connectivity index (χ3v) is 4.92. The van der Waals surface area contributed by atoms with Crippen molar-refractivity contribution in [2.75, 3.05) is 5.32 Å². The van der Waals surface area contributed by atoms with Gasteiger partial charge < -0.3 is 10.1 Å². The van der Waals surface area contributed by atoms with Crippen LogP contribution in [0.5, 0.6) is 5.75 Å². The van der Waals surface area contributed by atoms with Crippen molar-refractivity contribution in [1.82, 2.24) is 0 Å². The summed E-state index contributed by atoms with van der Waals surface area (Å²) >= 11 is 0. The Morgan fingerprint density at radius 1 is 1.08 bits per heavy atom. The van der Waals surface area contributed by atoms with Crippen LogP contribution < -0.4 is 10.1 Å². The van der Waals surface area contributed by atoms with Crippen molar-refractivity contribution in [1.29, 1.82) is 0 Å². The van der Waals surface area contributed by atoms with E-state index in [1.807, 2.05) is 37.3 Å². The SMILES string of the molecule is CCc1ccccc1NC(=O)[C@@H](CC)Oc1ccc2c(c1)CCCC2. The van der Waals surface area contributed by atoms with Crippen LogP contribution in [0, 0.1) is 0 Å². The van der Waals surface area contributed by atoms with Gasteiger partial charge in [0.25, 0.3) is 5.91 Å². The van der Waals surface area contributed by atoms with Crippen LogP contribution in [-0.2, 0) is 24.1 Å². The van der Waals surface area contributed by atoms with Crippen LogP contribution in [0.3, 0.4) is 0 Å². The fourth-order valence-electron chi connectivity index (χ4n) is 3.43. The summed E-state index contributed by atoms with van der Waals surface area (Å²) in [6, 6.07) is 14.2. The molecular formula is C22H27NO2. The summed E-state index contributed by atoms with van der Waals surface area (Å²) in [5.74, 6) is 0.715. The highest BCUT2D eigenvalue weighted by molar-refractivity contribution is 5.95. The number of fused-ring (bicyclic) bond motifs is 1. The maximum atomic E-state index is 12.7. The van der Waals surface area contributed by atoms with Gasteiger partial charge in [0, 0.05) is 5.69 Å². The number of carbonyl (C=O) groups is 1. The molecule has 0 bridgehead atoms. The number of anilines is 1. The number of hydrogen-bond acceptors (Lipinski definition) is 2. The fraction of sp³-hybridized carbons (Fsp3) is 0.409. The number of aryl methyl sites for hydroxylation is 3. The van der Waals surface area contributed by atoms with Crippen LogP contribution in [0.15, 0.2) is 42.5 Å². The highest BCUT2D eigenvalue weighted by Gasteiger charge is 2.20. The van der Waals surface area contributed by atoms with Crippen LogP contribution in [0.25, 0.3) is 0 Å². The van der Waals surface area contributed by atoms with E-state index in [1.54, 1.807) is 0 Å². The zero-order chi connectivity index (χ0) is 17.6. The second-order valence-electron chi connectivity index (χ2n) is 6.65. The molecule has 0 radical (unpaired) electrons. The highest BCUT2D eigenvalue weighted by Crippen LogP contribution is 2.26. The summed E-state index contributed by atoms with van der Waals surface area (Å²) in [6.07, 6.45) is 5.81. The minimum atomic E-state index is -0.480. The molecule has 0 heterocycles. The molecule has 1 aliphatic carbocycles. The number of hydrogen-bond donors (Lipinski definition) is 1. The molecule has 0 aromatic heterocycles. The number of para-hydroxylation sites is 1. The molecule has 0 spiro atoms. The van der Waals surface area contributed by atoms with Crippen LogP contribution in [0.1, 0.15) is 49.8 Å². The lowest BCUT2D eigenvalue weighted by Crippen LogP contribution is -2.32. The van der Waals surface area contributed by atoms with Crippen LogP contribution in [0.2, 0.25) is 0 Å². The van der Waals surface area contributed by atoms with E-state index in [4.69, 9.17) is 4.74 Å². The first kappa shape index (κ1) is 17.5. The molecule has 3 nitrogen and oxygen atoms in total. The standard InChI is InChI=1S/C22H27NO2/c1-3-16-9-7-8-12-20(16)23-22(24)21(4-2)25-19-14-13-17-10-5-6-11-18(17)15-19/h7-9,12-15,21H,3-6,10-11H2,1-2H3,(H,23,24)/t21-/m1/s1. The number of benzene rings is 2. The molecule has 2 aromatic rings. The monoisotopic (exact) mass is 337 g/mol. The predicted molar refractivity (Wildman–Crippen MR) is 102 cm³/mol. The smallest absolute Gasteiger partial charge is 0.265 e. The Morgan fingerprint density at radius 3 is 2.60 bits per heavy atom. The van der Waals surface area contributed by atoms with Gasteiger partial charge in [0.15, 0.2) is 6.10 Å². The first-order valence-electron chi connectivity index (χ1n) is 9.38. The van der Waals surface area contributed by atoms with Crippen LogP contribution in [-0.4, -0.2) is 12.0 Å². The van der Waals surface area contributed by atoms with E-state index >= 15 is 0 Å². The molecule has 0 aliphatic heterocycles. The summed E-state index contributed by atoms with van der Waals surface area (Å²) in [5.41, 5.74) is 4.81. The van der Waals surface area contributed by atoms with E-state index in [0.717, 1.165) is 36.3 Å². The lowest BCUT2D eigenvalue weighted by atomic mass is 9.92. The van der Waals surface area contributed by atoms with Gasteiger partial charge in [-0.1, -0.05) is 38.1 Å². The van der Waals surface area contributed by atoms with Crippen molar-refractivity contribution < 1.29 is 9.53 Å². The molecule has 25 heavy (non-hydrogen) atoms. The number of ether oxygens (including phenoxy) is 1. The van der Waals surface area contributed by atoms with Crippen molar-refractivity contribution >= 4 is 11.6 Å². The Balaban J connectivity index is 1.70. The van der Waals surface area contributed by atoms with Gasteiger partial charge in [0.1, 0.15) is 5.75 Å². The molecule has 2 aromatic carbocycles. The maximum Gasteiger partial charge on any atom is 0.265 e. The third-order valence-electron chi connectivity index (χ3n) is 4.92. The van der Waals surface area contributed by atoms with Gasteiger partial charge in [-0.25, -0.2) is 0 Å². The molecule has 0 unspecified atom stereocenters. The summed E-state index contributed by atoms with van der Waals surface area (Å²) in [4.78, 5) is 12.7. The quantitative estimate of drug-likeness (QED) is 0.812. The highest BCUT2D eigenvalue weighted by atomic mass is 16.5. The van der Waals surface area contributed by atoms with Gasteiger partial charge in [-0.05, 0) is 73.4 Å². The largest absolute Gasteiger partial charge is 0.481 e. The summed E-state index contributed by atoms with van der Waals surface area (Å²) in [7, 11) is 0. The molecule has 3 heteroatoms. The van der Waals surface area contributed by atoms with Gasteiger partial charge >= 0.3 is 0 Å². The Hall–Kier alpha value is -2.29. The number of rotatable bonds is 6. The normalized spacial score (nSPS) is 14.5. The molecular weight excluding hydrogens is 310 g/mol. The van der Waals surface area contributed by atoms with E-state index in [1.165, 1.54) is 24.0 Å². The predicted octanol–water partition coefficient (Wildman–Crippen LogP) is 4.92. The van der Waals surface area contributed by atoms with E-state index in [-0.39, 0.29) is 5.91 Å². The zero-order valence-electron chi connectivity index (χ0n) is 15.2. The molecule has 1 atom stereocenters. The number of nitrogens with one attached hydrogen (secondary N) is 1. The van der Waals surface area contributed by atoms with Gasteiger partial charge in [0.05, 0.1) is 0 Å². The number of amides is 1. The minimum absolute atomic E-state index is 0.0823. The minimum Gasteiger partial charge on any atom is -0.481 e. The Kier molecular flexibility index (Phi) is 5.75. The van der Waals surface area contributed by atoms with Crippen LogP contribution >= 0.6 is 0 Å². The molecule has 0 saturated heterocycles. The van der Waals surface area contributed by atoms with Gasteiger partial charge in [-0.3, -0.25) is 4.79 Å². The molecule has 0 saturated carbocycles. The van der Waals surface area contributed by atoms with Gasteiger partial charge in [-0.2, -0.15) is 0 Å². The Morgan fingerprint density at radius 2 is 1.84 bits per heavy atom. The fourth-order valence-corrected chi connectivity index (χ4v) is 3.43.